The Kier molecular flexibility index (Phi) is 3.96. The van der Waals surface area contributed by atoms with Crippen molar-refractivity contribution in [3.05, 3.63) is 30.1 Å². The maximum atomic E-state index is 12.5. The first-order valence-corrected chi connectivity index (χ1v) is 5.57. The van der Waals surface area contributed by atoms with E-state index in [1.54, 1.807) is 37.7 Å². The van der Waals surface area contributed by atoms with E-state index >= 15 is 0 Å². The van der Waals surface area contributed by atoms with Crippen molar-refractivity contribution < 1.29 is 9.50 Å². The summed E-state index contributed by atoms with van der Waals surface area (Å²) in [6.45, 7) is 3.58. The number of rotatable bonds is 4. The van der Waals surface area contributed by atoms with Gasteiger partial charge in [-0.2, -0.15) is 0 Å². The molecule has 0 atom stereocenters. The molecule has 0 saturated carbocycles. The Labute approximate surface area is 88.3 Å². The average molecular weight is 214 g/mol. The molecule has 1 nitrogen and oxygen atoms in total. The Morgan fingerprint density at radius 1 is 1.29 bits per heavy atom. The Morgan fingerprint density at radius 2 is 1.86 bits per heavy atom. The normalized spacial score (nSPS) is 11.7. The molecule has 0 saturated heterocycles. The van der Waals surface area contributed by atoms with Crippen LogP contribution in [-0.2, 0) is 0 Å². The van der Waals surface area contributed by atoms with Crippen LogP contribution in [0.5, 0.6) is 0 Å². The van der Waals surface area contributed by atoms with Gasteiger partial charge in [-0.25, -0.2) is 4.39 Å². The first-order valence-electron chi connectivity index (χ1n) is 4.58. The highest BCUT2D eigenvalue weighted by molar-refractivity contribution is 7.99. The lowest BCUT2D eigenvalue weighted by Crippen LogP contribution is -2.18. The highest BCUT2D eigenvalue weighted by Crippen LogP contribution is 2.21. The van der Waals surface area contributed by atoms with Crippen molar-refractivity contribution in [1.29, 1.82) is 0 Å². The summed E-state index contributed by atoms with van der Waals surface area (Å²) >= 11 is 1.63. The van der Waals surface area contributed by atoms with Crippen molar-refractivity contribution >= 4 is 11.8 Å². The van der Waals surface area contributed by atoms with Crippen LogP contribution in [0.1, 0.15) is 20.3 Å². The number of aliphatic hydroxyl groups is 1. The Morgan fingerprint density at radius 3 is 2.36 bits per heavy atom. The van der Waals surface area contributed by atoms with E-state index in [4.69, 9.17) is 0 Å². The highest BCUT2D eigenvalue weighted by atomic mass is 32.2. The average Bonchev–Trinajstić information content (AvgIpc) is 2.06. The van der Waals surface area contributed by atoms with Gasteiger partial charge in [-0.3, -0.25) is 0 Å². The van der Waals surface area contributed by atoms with E-state index < -0.39 is 5.60 Å². The second-order valence-corrected chi connectivity index (χ2v) is 5.03. The molecule has 1 rings (SSSR count). The smallest absolute Gasteiger partial charge is 0.123 e. The van der Waals surface area contributed by atoms with Crippen molar-refractivity contribution in [3.63, 3.8) is 0 Å². The molecule has 0 unspecified atom stereocenters. The third-order valence-electron chi connectivity index (χ3n) is 1.80. The van der Waals surface area contributed by atoms with Crippen LogP contribution in [0.25, 0.3) is 0 Å². The van der Waals surface area contributed by atoms with E-state index in [-0.39, 0.29) is 5.82 Å². The number of thioether (sulfide) groups is 1. The molecule has 78 valence electrons. The largest absolute Gasteiger partial charge is 0.390 e. The second kappa shape index (κ2) is 4.80. The van der Waals surface area contributed by atoms with Gasteiger partial charge in [-0.15, -0.1) is 11.8 Å². The molecular formula is C11H15FOS. The molecule has 0 aliphatic carbocycles. The summed E-state index contributed by atoms with van der Waals surface area (Å²) in [6.07, 6.45) is 0.731. The summed E-state index contributed by atoms with van der Waals surface area (Å²) in [5, 5.41) is 9.47. The summed E-state index contributed by atoms with van der Waals surface area (Å²) in [5.74, 6) is 0.631. The third-order valence-corrected chi connectivity index (χ3v) is 2.81. The standard InChI is InChI=1S/C11H15FOS/c1-11(2,13)7-8-14-10-5-3-9(12)4-6-10/h3-6,13H,7-8H2,1-2H3. The van der Waals surface area contributed by atoms with Gasteiger partial charge in [-0.05, 0) is 44.5 Å². The molecule has 0 aromatic heterocycles. The Balaban J connectivity index is 2.35. The molecule has 1 aromatic carbocycles. The third kappa shape index (κ3) is 4.63. The van der Waals surface area contributed by atoms with Crippen molar-refractivity contribution in [3.8, 4) is 0 Å². The molecule has 0 amide bonds. The van der Waals surface area contributed by atoms with Gasteiger partial charge >= 0.3 is 0 Å². The van der Waals surface area contributed by atoms with Gasteiger partial charge in [0.05, 0.1) is 5.60 Å². The van der Waals surface area contributed by atoms with Crippen molar-refractivity contribution in [1.82, 2.24) is 0 Å². The number of benzene rings is 1. The van der Waals surface area contributed by atoms with Crippen LogP contribution in [0.15, 0.2) is 29.2 Å². The van der Waals surface area contributed by atoms with Crippen LogP contribution in [-0.4, -0.2) is 16.5 Å². The minimum absolute atomic E-state index is 0.211. The lowest BCUT2D eigenvalue weighted by Gasteiger charge is -2.15. The van der Waals surface area contributed by atoms with Crippen LogP contribution in [0.2, 0.25) is 0 Å². The summed E-state index contributed by atoms with van der Waals surface area (Å²) in [6, 6.07) is 6.41. The van der Waals surface area contributed by atoms with Gasteiger partial charge < -0.3 is 5.11 Å². The molecule has 1 N–H and O–H groups in total. The van der Waals surface area contributed by atoms with Gasteiger partial charge in [0.2, 0.25) is 0 Å². The maximum Gasteiger partial charge on any atom is 0.123 e. The molecule has 0 spiro atoms. The monoisotopic (exact) mass is 214 g/mol. The van der Waals surface area contributed by atoms with Crippen LogP contribution in [0, 0.1) is 5.82 Å². The number of halogens is 1. The molecule has 0 aliphatic heterocycles. The lowest BCUT2D eigenvalue weighted by molar-refractivity contribution is 0.0778. The quantitative estimate of drug-likeness (QED) is 0.777. The van der Waals surface area contributed by atoms with E-state index in [2.05, 4.69) is 0 Å². The van der Waals surface area contributed by atoms with Gasteiger partial charge in [0.25, 0.3) is 0 Å². The zero-order valence-electron chi connectivity index (χ0n) is 8.46. The SMILES string of the molecule is CC(C)(O)CCSc1ccc(F)cc1. The molecule has 3 heteroatoms. The van der Waals surface area contributed by atoms with Crippen LogP contribution in [0.3, 0.4) is 0 Å². The Bertz CT molecular complexity index is 276. The molecule has 0 aliphatic rings. The predicted octanol–water partition coefficient (Wildman–Crippen LogP) is 3.08. The lowest BCUT2D eigenvalue weighted by atomic mass is 10.1. The first kappa shape index (κ1) is 11.5. The van der Waals surface area contributed by atoms with E-state index in [1.807, 2.05) is 0 Å². The van der Waals surface area contributed by atoms with Crippen molar-refractivity contribution in [2.24, 2.45) is 0 Å². The van der Waals surface area contributed by atoms with E-state index in [0.29, 0.717) is 0 Å². The fourth-order valence-electron chi connectivity index (χ4n) is 0.949. The van der Waals surface area contributed by atoms with Crippen LogP contribution >= 0.6 is 11.8 Å². The zero-order chi connectivity index (χ0) is 10.6. The van der Waals surface area contributed by atoms with Gasteiger partial charge in [0.15, 0.2) is 0 Å². The molecule has 0 fully saturated rings. The minimum Gasteiger partial charge on any atom is -0.390 e. The number of hydrogen-bond acceptors (Lipinski definition) is 2. The van der Waals surface area contributed by atoms with Gasteiger partial charge in [-0.1, -0.05) is 0 Å². The molecule has 14 heavy (non-hydrogen) atoms. The molecule has 0 heterocycles. The summed E-state index contributed by atoms with van der Waals surface area (Å²) in [7, 11) is 0. The van der Waals surface area contributed by atoms with E-state index in [1.165, 1.54) is 12.1 Å². The van der Waals surface area contributed by atoms with E-state index in [9.17, 15) is 9.50 Å². The zero-order valence-corrected chi connectivity index (χ0v) is 9.27. The van der Waals surface area contributed by atoms with Gasteiger partial charge in [0, 0.05) is 10.6 Å². The topological polar surface area (TPSA) is 20.2 Å². The van der Waals surface area contributed by atoms with Crippen LogP contribution < -0.4 is 0 Å². The summed E-state index contributed by atoms with van der Waals surface area (Å²) in [5.41, 5.74) is -0.618. The second-order valence-electron chi connectivity index (χ2n) is 3.86. The highest BCUT2D eigenvalue weighted by Gasteiger charge is 2.11. The summed E-state index contributed by atoms with van der Waals surface area (Å²) in [4.78, 5) is 1.04. The van der Waals surface area contributed by atoms with Gasteiger partial charge in [0.1, 0.15) is 5.82 Å². The van der Waals surface area contributed by atoms with Crippen molar-refractivity contribution in [2.45, 2.75) is 30.8 Å². The Hall–Kier alpha value is -0.540. The minimum atomic E-state index is -0.618. The van der Waals surface area contributed by atoms with Crippen molar-refractivity contribution in [2.75, 3.05) is 5.75 Å². The molecule has 0 bridgehead atoms. The number of hydrogen-bond donors (Lipinski definition) is 1. The maximum absolute atomic E-state index is 12.5. The van der Waals surface area contributed by atoms with E-state index in [0.717, 1.165) is 17.1 Å². The predicted molar refractivity (Wildman–Crippen MR) is 58.0 cm³/mol. The van der Waals surface area contributed by atoms with Crippen LogP contribution in [0.4, 0.5) is 4.39 Å². The summed E-state index contributed by atoms with van der Waals surface area (Å²) < 4.78 is 12.5. The fourth-order valence-corrected chi connectivity index (χ4v) is 2.12. The fraction of sp³-hybridized carbons (Fsp3) is 0.455. The first-order chi connectivity index (χ1) is 6.47. The molecule has 1 aromatic rings. The molecular weight excluding hydrogens is 199 g/mol. The molecule has 0 radical (unpaired) electrons.